The van der Waals surface area contributed by atoms with Gasteiger partial charge in [-0.05, 0) is 32.9 Å². The summed E-state index contributed by atoms with van der Waals surface area (Å²) < 4.78 is 0. The van der Waals surface area contributed by atoms with E-state index in [0.717, 1.165) is 4.88 Å². The quantitative estimate of drug-likeness (QED) is 0.897. The van der Waals surface area contributed by atoms with E-state index in [4.69, 9.17) is 5.11 Å². The molecular formula is C12H14N2O2S2. The molecule has 0 spiro atoms. The van der Waals surface area contributed by atoms with Crippen molar-refractivity contribution in [2.45, 2.75) is 26.8 Å². The zero-order valence-corrected chi connectivity index (χ0v) is 12.0. The number of carbonyl (C=O) groups is 1. The normalized spacial score (nSPS) is 12.4. The first-order valence-electron chi connectivity index (χ1n) is 5.51. The predicted molar refractivity (Wildman–Crippen MR) is 74.9 cm³/mol. The van der Waals surface area contributed by atoms with Gasteiger partial charge in [0.2, 0.25) is 0 Å². The fraction of sp³-hybridized carbons (Fsp3) is 0.333. The standard InChI is InChI=1S/C12H14N2O2S2/c1-6-4-5-9(17-6)7(2)13-12-14-10(11(15)16)8(3)18-12/h4-5,7H,1-3H3,(H,13,14)(H,15,16). The van der Waals surface area contributed by atoms with Crippen molar-refractivity contribution in [2.75, 3.05) is 5.32 Å². The number of aryl methyl sites for hydroxylation is 2. The lowest BCUT2D eigenvalue weighted by molar-refractivity contribution is 0.0690. The van der Waals surface area contributed by atoms with Gasteiger partial charge in [-0.25, -0.2) is 9.78 Å². The van der Waals surface area contributed by atoms with Crippen LogP contribution in [0.25, 0.3) is 0 Å². The van der Waals surface area contributed by atoms with Gasteiger partial charge in [0.15, 0.2) is 10.8 Å². The van der Waals surface area contributed by atoms with Crippen LogP contribution in [0.5, 0.6) is 0 Å². The number of anilines is 1. The Labute approximate surface area is 113 Å². The summed E-state index contributed by atoms with van der Waals surface area (Å²) in [5.74, 6) is -0.976. The molecule has 0 saturated carbocycles. The summed E-state index contributed by atoms with van der Waals surface area (Å²) in [5.41, 5.74) is 0.136. The van der Waals surface area contributed by atoms with Gasteiger partial charge in [0, 0.05) is 14.6 Å². The molecule has 18 heavy (non-hydrogen) atoms. The topological polar surface area (TPSA) is 62.2 Å². The molecule has 2 heterocycles. The van der Waals surface area contributed by atoms with Crippen LogP contribution in [-0.2, 0) is 0 Å². The van der Waals surface area contributed by atoms with Crippen molar-refractivity contribution in [3.63, 3.8) is 0 Å². The summed E-state index contributed by atoms with van der Waals surface area (Å²) in [4.78, 5) is 18.2. The molecule has 2 aromatic heterocycles. The van der Waals surface area contributed by atoms with Crippen molar-refractivity contribution in [1.29, 1.82) is 0 Å². The van der Waals surface area contributed by atoms with Crippen LogP contribution in [-0.4, -0.2) is 16.1 Å². The Bertz CT molecular complexity index is 574. The highest BCUT2D eigenvalue weighted by atomic mass is 32.1. The largest absolute Gasteiger partial charge is 0.476 e. The van der Waals surface area contributed by atoms with Crippen LogP contribution in [0.3, 0.4) is 0 Å². The Morgan fingerprint density at radius 1 is 1.39 bits per heavy atom. The lowest BCUT2D eigenvalue weighted by atomic mass is 10.3. The van der Waals surface area contributed by atoms with Crippen LogP contribution >= 0.6 is 22.7 Å². The van der Waals surface area contributed by atoms with Crippen molar-refractivity contribution in [2.24, 2.45) is 0 Å². The van der Waals surface area contributed by atoms with Crippen molar-refractivity contribution < 1.29 is 9.90 Å². The van der Waals surface area contributed by atoms with Crippen LogP contribution in [0, 0.1) is 13.8 Å². The summed E-state index contributed by atoms with van der Waals surface area (Å²) >= 11 is 3.10. The van der Waals surface area contributed by atoms with Crippen LogP contribution in [0.4, 0.5) is 5.13 Å². The smallest absolute Gasteiger partial charge is 0.355 e. The lowest BCUT2D eigenvalue weighted by Crippen LogP contribution is -2.05. The maximum absolute atomic E-state index is 10.9. The van der Waals surface area contributed by atoms with Gasteiger partial charge in [-0.15, -0.1) is 22.7 Å². The Morgan fingerprint density at radius 2 is 2.11 bits per heavy atom. The van der Waals surface area contributed by atoms with E-state index in [1.165, 1.54) is 21.1 Å². The van der Waals surface area contributed by atoms with Gasteiger partial charge in [-0.1, -0.05) is 0 Å². The van der Waals surface area contributed by atoms with Crippen molar-refractivity contribution in [1.82, 2.24) is 4.98 Å². The summed E-state index contributed by atoms with van der Waals surface area (Å²) in [6.45, 7) is 5.88. The number of rotatable bonds is 4. The maximum Gasteiger partial charge on any atom is 0.355 e. The van der Waals surface area contributed by atoms with Gasteiger partial charge in [-0.2, -0.15) is 0 Å². The lowest BCUT2D eigenvalue weighted by Gasteiger charge is -2.10. The Hall–Kier alpha value is -1.40. The van der Waals surface area contributed by atoms with E-state index in [2.05, 4.69) is 29.4 Å². The highest BCUT2D eigenvalue weighted by Gasteiger charge is 2.16. The minimum absolute atomic E-state index is 0.135. The van der Waals surface area contributed by atoms with Gasteiger partial charge in [0.05, 0.1) is 6.04 Å². The minimum atomic E-state index is -0.976. The SMILES string of the molecule is Cc1ccc(C(C)Nc2nc(C(=O)O)c(C)s2)s1. The first-order valence-corrected chi connectivity index (χ1v) is 7.14. The third-order valence-electron chi connectivity index (χ3n) is 2.53. The third-order valence-corrected chi connectivity index (χ3v) is 4.61. The third kappa shape index (κ3) is 2.70. The zero-order chi connectivity index (χ0) is 13.3. The fourth-order valence-corrected chi connectivity index (χ4v) is 3.37. The molecule has 0 fully saturated rings. The second-order valence-corrected chi connectivity index (χ2v) is 6.57. The Balaban J connectivity index is 2.14. The number of nitrogens with zero attached hydrogens (tertiary/aromatic N) is 1. The van der Waals surface area contributed by atoms with Gasteiger partial charge in [0.1, 0.15) is 0 Å². The Kier molecular flexibility index (Phi) is 3.68. The molecule has 2 N–H and O–H groups in total. The molecule has 2 rings (SSSR count). The molecule has 96 valence electrons. The van der Waals surface area contributed by atoms with E-state index in [9.17, 15) is 4.79 Å². The molecule has 0 saturated heterocycles. The zero-order valence-electron chi connectivity index (χ0n) is 10.4. The van der Waals surface area contributed by atoms with Crippen LogP contribution in [0.1, 0.15) is 38.1 Å². The van der Waals surface area contributed by atoms with Crippen LogP contribution in [0.15, 0.2) is 12.1 Å². The highest BCUT2D eigenvalue weighted by Crippen LogP contribution is 2.29. The Morgan fingerprint density at radius 3 is 2.61 bits per heavy atom. The molecule has 6 heteroatoms. The van der Waals surface area contributed by atoms with Crippen molar-refractivity contribution >= 4 is 33.8 Å². The number of hydrogen-bond donors (Lipinski definition) is 2. The summed E-state index contributed by atoms with van der Waals surface area (Å²) in [6, 6.07) is 4.29. The van der Waals surface area contributed by atoms with Crippen LogP contribution in [0.2, 0.25) is 0 Å². The number of thiazole rings is 1. The number of aromatic carboxylic acids is 1. The van der Waals surface area contributed by atoms with Gasteiger partial charge >= 0.3 is 5.97 Å². The molecule has 4 nitrogen and oxygen atoms in total. The number of thiophene rings is 1. The summed E-state index contributed by atoms with van der Waals surface area (Å²) in [6.07, 6.45) is 0. The fourth-order valence-electron chi connectivity index (χ4n) is 1.60. The maximum atomic E-state index is 10.9. The van der Waals surface area contributed by atoms with Gasteiger partial charge < -0.3 is 10.4 Å². The summed E-state index contributed by atoms with van der Waals surface area (Å²) in [5, 5.41) is 12.8. The monoisotopic (exact) mass is 282 g/mol. The predicted octanol–water partition coefficient (Wildman–Crippen LogP) is 3.69. The number of hydrogen-bond acceptors (Lipinski definition) is 5. The molecule has 0 aliphatic carbocycles. The van der Waals surface area contributed by atoms with Gasteiger partial charge in [-0.3, -0.25) is 0 Å². The minimum Gasteiger partial charge on any atom is -0.476 e. The molecule has 1 atom stereocenters. The van der Waals surface area contributed by atoms with E-state index in [1.807, 2.05) is 6.92 Å². The van der Waals surface area contributed by atoms with E-state index in [0.29, 0.717) is 5.13 Å². The average molecular weight is 282 g/mol. The number of carboxylic acid groups (broad SMARTS) is 1. The molecule has 0 radical (unpaired) electrons. The molecule has 0 aromatic carbocycles. The van der Waals surface area contributed by atoms with Crippen molar-refractivity contribution in [3.05, 3.63) is 32.5 Å². The summed E-state index contributed by atoms with van der Waals surface area (Å²) in [7, 11) is 0. The second kappa shape index (κ2) is 5.07. The second-order valence-electron chi connectivity index (χ2n) is 4.04. The van der Waals surface area contributed by atoms with E-state index < -0.39 is 5.97 Å². The van der Waals surface area contributed by atoms with Crippen molar-refractivity contribution in [3.8, 4) is 0 Å². The first-order chi connectivity index (χ1) is 8.47. The number of carboxylic acids is 1. The number of aromatic nitrogens is 1. The first kappa shape index (κ1) is 13.0. The van der Waals surface area contributed by atoms with Crippen LogP contribution < -0.4 is 5.32 Å². The molecular weight excluding hydrogens is 268 g/mol. The molecule has 0 amide bonds. The van der Waals surface area contributed by atoms with E-state index >= 15 is 0 Å². The number of nitrogens with one attached hydrogen (secondary N) is 1. The molecule has 1 unspecified atom stereocenters. The molecule has 0 aliphatic rings. The molecule has 2 aromatic rings. The van der Waals surface area contributed by atoms with Gasteiger partial charge in [0.25, 0.3) is 0 Å². The van der Waals surface area contributed by atoms with E-state index in [1.54, 1.807) is 18.3 Å². The average Bonchev–Trinajstić information content (AvgIpc) is 2.85. The molecule has 0 bridgehead atoms. The van der Waals surface area contributed by atoms with E-state index in [-0.39, 0.29) is 11.7 Å². The highest BCUT2D eigenvalue weighted by molar-refractivity contribution is 7.15. The molecule has 0 aliphatic heterocycles.